The molecule has 0 aliphatic rings. The third kappa shape index (κ3) is 3.66. The molecule has 0 rings (SSSR count). The molecule has 0 saturated heterocycles. The average molecular weight is 110 g/mol. The molecule has 0 spiro atoms. The fourth-order valence-corrected chi connectivity index (χ4v) is 0.422. The highest BCUT2D eigenvalue weighted by Crippen LogP contribution is 1.98. The van der Waals surface area contributed by atoms with E-state index in [4.69, 9.17) is 0 Å². The van der Waals surface area contributed by atoms with Gasteiger partial charge in [-0.3, -0.25) is 0 Å². The molecule has 46 valence electrons. The van der Waals surface area contributed by atoms with Crippen molar-refractivity contribution in [2.24, 2.45) is 0 Å². The predicted molar refractivity (Wildman–Crippen MR) is 38.9 cm³/mol. The largest absolute Gasteiger partial charge is 0.0913 e. The fourth-order valence-electron chi connectivity index (χ4n) is 0.422. The summed E-state index contributed by atoms with van der Waals surface area (Å²) in [6.07, 6.45) is 7.48. The molecule has 0 amide bonds. The highest BCUT2D eigenvalue weighted by atomic mass is 13.8. The summed E-state index contributed by atoms with van der Waals surface area (Å²) in [6.45, 7) is 6.25. The lowest BCUT2D eigenvalue weighted by Gasteiger charge is -1.88. The molecule has 0 unspecified atom stereocenters. The number of hydrogen-bond donors (Lipinski definition) is 0. The third-order valence-corrected chi connectivity index (χ3v) is 1.17. The first kappa shape index (κ1) is 7.48. The van der Waals surface area contributed by atoms with Crippen LogP contribution in [0.5, 0.6) is 0 Å². The highest BCUT2D eigenvalue weighted by Gasteiger charge is 1.77. The minimum Gasteiger partial charge on any atom is -0.0913 e. The normalized spacial score (nSPS) is 13.1. The van der Waals surface area contributed by atoms with Crippen LogP contribution in [0.15, 0.2) is 23.8 Å². The Labute approximate surface area is 51.9 Å². The van der Waals surface area contributed by atoms with Crippen molar-refractivity contribution in [3.8, 4) is 0 Å². The van der Waals surface area contributed by atoms with Crippen molar-refractivity contribution in [1.82, 2.24) is 0 Å². The van der Waals surface area contributed by atoms with Crippen molar-refractivity contribution >= 4 is 0 Å². The van der Waals surface area contributed by atoms with E-state index in [0.29, 0.717) is 0 Å². The molecule has 0 heterocycles. The second kappa shape index (κ2) is 4.63. The van der Waals surface area contributed by atoms with Crippen molar-refractivity contribution in [3.63, 3.8) is 0 Å². The first-order valence-electron chi connectivity index (χ1n) is 3.04. The van der Waals surface area contributed by atoms with E-state index in [1.54, 1.807) is 0 Å². The maximum atomic E-state index is 2.16. The van der Waals surface area contributed by atoms with Crippen molar-refractivity contribution < 1.29 is 0 Å². The molecule has 0 fully saturated rings. The van der Waals surface area contributed by atoms with Gasteiger partial charge in [0, 0.05) is 0 Å². The van der Waals surface area contributed by atoms with Gasteiger partial charge in [-0.1, -0.05) is 23.8 Å². The van der Waals surface area contributed by atoms with E-state index in [9.17, 15) is 0 Å². The maximum absolute atomic E-state index is 2.16. The first-order valence-corrected chi connectivity index (χ1v) is 3.04. The molecule has 0 aliphatic carbocycles. The average Bonchev–Trinajstić information content (AvgIpc) is 1.83. The summed E-state index contributed by atoms with van der Waals surface area (Å²) >= 11 is 0. The minimum atomic E-state index is 1.10. The van der Waals surface area contributed by atoms with Crippen LogP contribution in [-0.4, -0.2) is 0 Å². The third-order valence-electron chi connectivity index (χ3n) is 1.17. The van der Waals surface area contributed by atoms with Gasteiger partial charge < -0.3 is 0 Å². The molecule has 8 heavy (non-hydrogen) atoms. The summed E-state index contributed by atoms with van der Waals surface area (Å²) in [6, 6.07) is 0. The molecule has 0 aliphatic heterocycles. The Hall–Kier alpha value is -0.520. The minimum absolute atomic E-state index is 1.10. The van der Waals surface area contributed by atoms with Crippen LogP contribution < -0.4 is 0 Å². The lowest BCUT2D eigenvalue weighted by Crippen LogP contribution is -1.67. The molecule has 0 atom stereocenters. The van der Waals surface area contributed by atoms with Crippen molar-refractivity contribution in [2.45, 2.75) is 27.2 Å². The second-order valence-electron chi connectivity index (χ2n) is 1.91. The van der Waals surface area contributed by atoms with E-state index < -0.39 is 0 Å². The summed E-state index contributed by atoms with van der Waals surface area (Å²) in [5.41, 5.74) is 1.43. The molecule has 0 N–H and O–H groups in total. The Morgan fingerprint density at radius 1 is 1.38 bits per heavy atom. The molecule has 0 nitrogen and oxygen atoms in total. The Balaban J connectivity index is 3.40. The van der Waals surface area contributed by atoms with Crippen LogP contribution in [0.25, 0.3) is 0 Å². The van der Waals surface area contributed by atoms with E-state index in [1.807, 2.05) is 6.92 Å². The van der Waals surface area contributed by atoms with E-state index in [0.717, 1.165) is 6.42 Å². The number of allylic oxidation sites excluding steroid dienone is 4. The standard InChI is InChI=1S/C8H14/c1-4-6-7-8(3)5-2/h4-6H,7H2,1-3H3. The molecule has 0 aromatic rings. The van der Waals surface area contributed by atoms with Crippen molar-refractivity contribution in [3.05, 3.63) is 23.8 Å². The van der Waals surface area contributed by atoms with Crippen molar-refractivity contribution in [2.75, 3.05) is 0 Å². The maximum Gasteiger partial charge on any atom is -0.0142 e. The Morgan fingerprint density at radius 2 is 2.00 bits per heavy atom. The van der Waals surface area contributed by atoms with Gasteiger partial charge in [0.1, 0.15) is 0 Å². The highest BCUT2D eigenvalue weighted by molar-refractivity contribution is 5.01. The van der Waals surface area contributed by atoms with E-state index >= 15 is 0 Å². The molecule has 0 saturated carbocycles. The first-order chi connectivity index (χ1) is 3.81. The molecule has 0 bridgehead atoms. The monoisotopic (exact) mass is 110 g/mol. The molecule has 0 heteroatoms. The summed E-state index contributed by atoms with van der Waals surface area (Å²) in [5.74, 6) is 0. The Kier molecular flexibility index (Phi) is 4.33. The number of hydrogen-bond acceptors (Lipinski definition) is 0. The van der Waals surface area contributed by atoms with Crippen LogP contribution in [0, 0.1) is 0 Å². The van der Waals surface area contributed by atoms with E-state index in [-0.39, 0.29) is 0 Å². The van der Waals surface area contributed by atoms with Gasteiger partial charge in [-0.05, 0) is 27.2 Å². The Morgan fingerprint density at radius 3 is 2.38 bits per heavy atom. The van der Waals surface area contributed by atoms with Gasteiger partial charge >= 0.3 is 0 Å². The van der Waals surface area contributed by atoms with Gasteiger partial charge in [0.2, 0.25) is 0 Å². The number of rotatable bonds is 2. The van der Waals surface area contributed by atoms with Gasteiger partial charge in [0.25, 0.3) is 0 Å². The van der Waals surface area contributed by atoms with Gasteiger partial charge in [-0.25, -0.2) is 0 Å². The summed E-state index contributed by atoms with van der Waals surface area (Å²) in [5, 5.41) is 0. The van der Waals surface area contributed by atoms with Crippen LogP contribution >= 0.6 is 0 Å². The van der Waals surface area contributed by atoms with Crippen LogP contribution in [-0.2, 0) is 0 Å². The summed E-state index contributed by atoms with van der Waals surface area (Å²) in [7, 11) is 0. The van der Waals surface area contributed by atoms with Gasteiger partial charge in [-0.15, -0.1) is 0 Å². The van der Waals surface area contributed by atoms with Crippen LogP contribution in [0.1, 0.15) is 27.2 Å². The smallest absolute Gasteiger partial charge is 0.0142 e. The lowest BCUT2D eigenvalue weighted by atomic mass is 10.2. The zero-order chi connectivity index (χ0) is 6.41. The van der Waals surface area contributed by atoms with Gasteiger partial charge in [0.05, 0.1) is 0 Å². The Bertz CT molecular complexity index is 96.6. The molecular weight excluding hydrogens is 96.1 g/mol. The summed E-state index contributed by atoms with van der Waals surface area (Å²) < 4.78 is 0. The topological polar surface area (TPSA) is 0 Å². The van der Waals surface area contributed by atoms with Crippen LogP contribution in [0.2, 0.25) is 0 Å². The fraction of sp³-hybridized carbons (Fsp3) is 0.500. The zero-order valence-electron chi connectivity index (χ0n) is 5.94. The molecule has 0 aromatic heterocycles. The van der Waals surface area contributed by atoms with Gasteiger partial charge in [-0.2, -0.15) is 0 Å². The van der Waals surface area contributed by atoms with E-state index in [2.05, 4.69) is 32.1 Å². The zero-order valence-corrected chi connectivity index (χ0v) is 5.94. The van der Waals surface area contributed by atoms with Gasteiger partial charge in [0.15, 0.2) is 0 Å². The quantitative estimate of drug-likeness (QED) is 0.479. The molecule has 0 radical (unpaired) electrons. The second-order valence-corrected chi connectivity index (χ2v) is 1.91. The van der Waals surface area contributed by atoms with Crippen molar-refractivity contribution in [1.29, 1.82) is 0 Å². The predicted octanol–water partition coefficient (Wildman–Crippen LogP) is 2.92. The summed E-state index contributed by atoms with van der Waals surface area (Å²) in [4.78, 5) is 0. The SMILES string of the molecule is CC=CCC(C)=CC. The van der Waals surface area contributed by atoms with Crippen LogP contribution in [0.4, 0.5) is 0 Å². The molecular formula is C8H14. The lowest BCUT2D eigenvalue weighted by molar-refractivity contribution is 1.19. The van der Waals surface area contributed by atoms with E-state index in [1.165, 1.54) is 5.57 Å². The molecule has 0 aromatic carbocycles. The van der Waals surface area contributed by atoms with Crippen LogP contribution in [0.3, 0.4) is 0 Å².